The number of piperazine rings is 1. The number of nitrogens with one attached hydrogen (secondary N) is 2. The first kappa shape index (κ1) is 23.5. The van der Waals surface area contributed by atoms with E-state index in [-0.39, 0.29) is 16.9 Å². The van der Waals surface area contributed by atoms with E-state index in [0.29, 0.717) is 31.2 Å². The maximum Gasteiger partial charge on any atom is 0.178 e. The largest absolute Gasteiger partial charge is 0.405 e. The lowest BCUT2D eigenvalue weighted by Crippen LogP contribution is -2.60. The van der Waals surface area contributed by atoms with Gasteiger partial charge in [-0.2, -0.15) is 0 Å². The van der Waals surface area contributed by atoms with Crippen molar-refractivity contribution in [3.8, 4) is 0 Å². The second-order valence-electron chi connectivity index (χ2n) is 8.81. The molecule has 8 heteroatoms. The number of hydrogen-bond acceptors (Lipinski definition) is 6. The highest BCUT2D eigenvalue weighted by Gasteiger charge is 2.35. The Kier molecular flexibility index (Phi) is 7.72. The van der Waals surface area contributed by atoms with Crippen LogP contribution in [-0.2, 0) is 6.42 Å². The number of benzene rings is 1. The van der Waals surface area contributed by atoms with Crippen molar-refractivity contribution in [3.05, 3.63) is 53.1 Å². The van der Waals surface area contributed by atoms with E-state index in [9.17, 15) is 4.39 Å². The molecule has 1 aliphatic heterocycles. The molecule has 30 heavy (non-hydrogen) atoms. The second-order valence-corrected chi connectivity index (χ2v) is 8.81. The van der Waals surface area contributed by atoms with Crippen LogP contribution in [-0.4, -0.2) is 42.5 Å². The van der Waals surface area contributed by atoms with E-state index in [1.807, 2.05) is 6.07 Å². The zero-order valence-corrected chi connectivity index (χ0v) is 18.4. The number of amidine groups is 1. The zero-order valence-electron chi connectivity index (χ0n) is 18.4. The van der Waals surface area contributed by atoms with Gasteiger partial charge in [-0.05, 0) is 62.2 Å². The van der Waals surface area contributed by atoms with Gasteiger partial charge in [0.2, 0.25) is 0 Å². The highest BCUT2D eigenvalue weighted by Crippen LogP contribution is 2.32. The van der Waals surface area contributed by atoms with Crippen LogP contribution in [0.3, 0.4) is 0 Å². The molecule has 0 bridgehead atoms. The molecular weight excluding hydrogens is 381 g/mol. The Morgan fingerprint density at radius 2 is 2.03 bits per heavy atom. The Bertz CT molecular complexity index is 842. The average molecular weight is 416 g/mol. The number of hydrogen-bond donors (Lipinski definition) is 4. The first-order valence-electron chi connectivity index (χ1n) is 10.2. The normalized spacial score (nSPS) is 17.7. The van der Waals surface area contributed by atoms with Gasteiger partial charge in [-0.15, -0.1) is 5.11 Å². The fourth-order valence-corrected chi connectivity index (χ4v) is 3.92. The van der Waals surface area contributed by atoms with Crippen molar-refractivity contribution >= 4 is 11.5 Å². The third kappa shape index (κ3) is 5.66. The highest BCUT2D eigenvalue weighted by molar-refractivity contribution is 6.02. The van der Waals surface area contributed by atoms with Crippen LogP contribution >= 0.6 is 0 Å². The molecule has 0 amide bonds. The van der Waals surface area contributed by atoms with E-state index in [1.54, 1.807) is 12.2 Å². The molecule has 1 aromatic carbocycles. The van der Waals surface area contributed by atoms with Gasteiger partial charge in [-0.1, -0.05) is 13.8 Å². The van der Waals surface area contributed by atoms with Crippen LogP contribution in [0.25, 0.3) is 0 Å². The zero-order chi connectivity index (χ0) is 22.5. The fourth-order valence-electron chi connectivity index (χ4n) is 3.92. The van der Waals surface area contributed by atoms with Gasteiger partial charge in [-0.3, -0.25) is 10.3 Å². The van der Waals surface area contributed by atoms with Crippen LogP contribution < -0.4 is 16.4 Å². The van der Waals surface area contributed by atoms with E-state index >= 15 is 0 Å². The van der Waals surface area contributed by atoms with Crippen LogP contribution in [0.2, 0.25) is 0 Å². The van der Waals surface area contributed by atoms with Gasteiger partial charge in [0.25, 0.3) is 0 Å². The number of allylic oxidation sites excluding steroid dienone is 2. The smallest absolute Gasteiger partial charge is 0.178 e. The van der Waals surface area contributed by atoms with Crippen LogP contribution in [0.1, 0.15) is 38.8 Å². The summed E-state index contributed by atoms with van der Waals surface area (Å²) in [6.07, 6.45) is 5.70. The maximum absolute atomic E-state index is 15.0. The number of rotatable bonds is 7. The average Bonchev–Trinajstić information content (AvgIpc) is 2.66. The van der Waals surface area contributed by atoms with Crippen LogP contribution in [0, 0.1) is 22.7 Å². The molecule has 0 atom stereocenters. The molecule has 164 valence electrons. The molecule has 1 aromatic rings. The quantitative estimate of drug-likeness (QED) is 0.235. The molecule has 1 saturated heterocycles. The standard InChI is InChI=1S/C22H34FN7/c1-15(2)10-16-11-18(23)20(21(26)28-27)19(12-16)29-8-9-30(22(3,4)14-29)13-17(25)6-5-7-24/h5-7,11-12,15,26-27H,8-10,13-14,24-25H2,1-4H3/b7-5-,17-6-,26-21?,28-27?. The molecule has 0 aromatic heterocycles. The summed E-state index contributed by atoms with van der Waals surface area (Å²) in [6, 6.07) is 3.42. The molecule has 0 saturated carbocycles. The molecule has 0 radical (unpaired) electrons. The van der Waals surface area contributed by atoms with Crippen molar-refractivity contribution in [3.63, 3.8) is 0 Å². The predicted molar refractivity (Wildman–Crippen MR) is 120 cm³/mol. The van der Waals surface area contributed by atoms with Crippen molar-refractivity contribution in [1.82, 2.24) is 4.90 Å². The molecule has 7 nitrogen and oxygen atoms in total. The molecule has 1 fully saturated rings. The minimum Gasteiger partial charge on any atom is -0.405 e. The van der Waals surface area contributed by atoms with E-state index in [1.165, 1.54) is 12.3 Å². The Labute approximate surface area is 178 Å². The van der Waals surface area contributed by atoms with Crippen molar-refractivity contribution in [2.24, 2.45) is 22.5 Å². The molecule has 1 heterocycles. The summed E-state index contributed by atoms with van der Waals surface area (Å²) in [4.78, 5) is 4.38. The van der Waals surface area contributed by atoms with E-state index < -0.39 is 5.82 Å². The van der Waals surface area contributed by atoms with Gasteiger partial charge >= 0.3 is 0 Å². The maximum atomic E-state index is 15.0. The Balaban J connectivity index is 2.36. The van der Waals surface area contributed by atoms with Gasteiger partial charge in [0.1, 0.15) is 5.82 Å². The van der Waals surface area contributed by atoms with Crippen molar-refractivity contribution < 1.29 is 4.39 Å². The Hall–Kier alpha value is -2.74. The van der Waals surface area contributed by atoms with Crippen LogP contribution in [0.15, 0.2) is 41.3 Å². The van der Waals surface area contributed by atoms with E-state index in [2.05, 4.69) is 42.6 Å². The summed E-state index contributed by atoms with van der Waals surface area (Å²) in [5.41, 5.74) is 20.8. The third-order valence-electron chi connectivity index (χ3n) is 5.33. The van der Waals surface area contributed by atoms with Gasteiger partial charge in [0, 0.05) is 37.4 Å². The van der Waals surface area contributed by atoms with Gasteiger partial charge in [0.05, 0.1) is 11.3 Å². The monoisotopic (exact) mass is 415 g/mol. The van der Waals surface area contributed by atoms with Crippen LogP contribution in [0.4, 0.5) is 10.1 Å². The molecule has 0 aliphatic carbocycles. The van der Waals surface area contributed by atoms with Crippen molar-refractivity contribution in [2.75, 3.05) is 31.1 Å². The first-order valence-corrected chi connectivity index (χ1v) is 10.2. The lowest BCUT2D eigenvalue weighted by molar-refractivity contribution is 0.116. The minimum absolute atomic E-state index is 0.0919. The Morgan fingerprint density at radius 1 is 1.33 bits per heavy atom. The van der Waals surface area contributed by atoms with Gasteiger partial charge in [-0.25, -0.2) is 9.92 Å². The van der Waals surface area contributed by atoms with Crippen LogP contribution in [0.5, 0.6) is 0 Å². The second kappa shape index (κ2) is 9.84. The fraction of sp³-hybridized carbons (Fsp3) is 0.500. The summed E-state index contributed by atoms with van der Waals surface area (Å²) in [5.74, 6) is -0.473. The van der Waals surface area contributed by atoms with E-state index in [0.717, 1.165) is 24.2 Å². The van der Waals surface area contributed by atoms with Gasteiger partial charge < -0.3 is 16.4 Å². The lowest BCUT2D eigenvalue weighted by atomic mass is 9.95. The molecule has 0 unspecified atom stereocenters. The summed E-state index contributed by atoms with van der Waals surface area (Å²) >= 11 is 0. The third-order valence-corrected chi connectivity index (χ3v) is 5.33. The summed E-state index contributed by atoms with van der Waals surface area (Å²) in [6.45, 7) is 11.1. The minimum atomic E-state index is -0.495. The SMILES string of the molecule is CC(C)Cc1cc(F)c(C(=N)N=N)c(N2CCN(C/C(N)=C/C=C\N)C(C)(C)C2)c1. The first-order chi connectivity index (χ1) is 14.1. The van der Waals surface area contributed by atoms with E-state index in [4.69, 9.17) is 22.4 Å². The molecule has 1 aliphatic rings. The van der Waals surface area contributed by atoms with Crippen molar-refractivity contribution in [1.29, 1.82) is 10.9 Å². The van der Waals surface area contributed by atoms with Gasteiger partial charge in [0.15, 0.2) is 5.84 Å². The lowest BCUT2D eigenvalue weighted by Gasteiger charge is -2.48. The summed E-state index contributed by atoms with van der Waals surface area (Å²) in [7, 11) is 0. The highest BCUT2D eigenvalue weighted by atomic mass is 19.1. The molecular formula is C22H34FN7. The molecule has 0 spiro atoms. The Morgan fingerprint density at radius 3 is 2.60 bits per heavy atom. The summed E-state index contributed by atoms with van der Waals surface area (Å²) in [5, 5.41) is 11.2. The molecule has 2 rings (SSSR count). The summed E-state index contributed by atoms with van der Waals surface area (Å²) < 4.78 is 15.0. The number of nitrogens with two attached hydrogens (primary N) is 2. The number of anilines is 1. The molecule has 6 N–H and O–H groups in total. The predicted octanol–water partition coefficient (Wildman–Crippen LogP) is 3.60. The van der Waals surface area contributed by atoms with Crippen molar-refractivity contribution in [2.45, 2.75) is 39.7 Å². The number of nitrogens with zero attached hydrogens (tertiary/aromatic N) is 3. The topological polar surface area (TPSA) is 119 Å². The number of halogens is 1.